The molecular formula is C22H26N2O5. The van der Waals surface area contributed by atoms with E-state index in [0.29, 0.717) is 29.4 Å². The van der Waals surface area contributed by atoms with Crippen LogP contribution in [0.5, 0.6) is 17.2 Å². The fourth-order valence-electron chi connectivity index (χ4n) is 3.26. The zero-order chi connectivity index (χ0) is 21.1. The lowest BCUT2D eigenvalue weighted by Crippen LogP contribution is -2.21. The zero-order valence-electron chi connectivity index (χ0n) is 17.3. The van der Waals surface area contributed by atoms with Crippen LogP contribution < -0.4 is 24.8 Å². The number of hydrogen-bond donors (Lipinski definition) is 2. The topological polar surface area (TPSA) is 85.9 Å². The standard InChI is InChI=1S/C22H26N2O5/c1-12-6-7-13(2)17(8-12)24-22(26)16-11-15(16)21(25)23-14-9-18(27-3)20(29-5)19(10-14)28-4/h6-10,15-16H,11H2,1-5H3,(H,23,25)(H,24,26). The molecule has 1 fully saturated rings. The number of hydrogen-bond acceptors (Lipinski definition) is 5. The van der Waals surface area contributed by atoms with E-state index in [0.717, 1.165) is 16.8 Å². The van der Waals surface area contributed by atoms with Gasteiger partial charge in [0.2, 0.25) is 17.6 Å². The molecule has 0 heterocycles. The highest BCUT2D eigenvalue weighted by atomic mass is 16.5. The molecule has 7 heteroatoms. The van der Waals surface area contributed by atoms with Crippen molar-refractivity contribution >= 4 is 23.2 Å². The van der Waals surface area contributed by atoms with Gasteiger partial charge in [-0.3, -0.25) is 9.59 Å². The van der Waals surface area contributed by atoms with Crippen molar-refractivity contribution in [1.29, 1.82) is 0 Å². The Morgan fingerprint density at radius 1 is 0.862 bits per heavy atom. The molecule has 1 saturated carbocycles. The molecule has 2 atom stereocenters. The first-order chi connectivity index (χ1) is 13.9. The van der Waals surface area contributed by atoms with Crippen LogP contribution in [0.3, 0.4) is 0 Å². The molecular weight excluding hydrogens is 372 g/mol. The van der Waals surface area contributed by atoms with Crippen molar-refractivity contribution in [2.24, 2.45) is 11.8 Å². The number of benzene rings is 2. The van der Waals surface area contributed by atoms with Crippen LogP contribution in [-0.4, -0.2) is 33.1 Å². The van der Waals surface area contributed by atoms with Crippen LogP contribution in [0.25, 0.3) is 0 Å². The van der Waals surface area contributed by atoms with E-state index < -0.39 is 0 Å². The second kappa shape index (κ2) is 8.43. The van der Waals surface area contributed by atoms with Crippen molar-refractivity contribution in [3.05, 3.63) is 41.5 Å². The van der Waals surface area contributed by atoms with E-state index in [-0.39, 0.29) is 23.7 Å². The third-order valence-corrected chi connectivity index (χ3v) is 5.05. The Hall–Kier alpha value is -3.22. The SMILES string of the molecule is COc1cc(NC(=O)C2CC2C(=O)Nc2cc(C)ccc2C)cc(OC)c1OC. The highest BCUT2D eigenvalue weighted by molar-refractivity contribution is 6.03. The van der Waals surface area contributed by atoms with Gasteiger partial charge in [0, 0.05) is 23.5 Å². The van der Waals surface area contributed by atoms with E-state index in [4.69, 9.17) is 14.2 Å². The van der Waals surface area contributed by atoms with Crippen LogP contribution in [0, 0.1) is 25.7 Å². The van der Waals surface area contributed by atoms with Crippen LogP contribution in [0.15, 0.2) is 30.3 Å². The average Bonchev–Trinajstić information content (AvgIpc) is 3.51. The predicted octanol–water partition coefficient (Wildman–Crippen LogP) is 3.54. The minimum Gasteiger partial charge on any atom is -0.493 e. The molecule has 2 aromatic rings. The summed E-state index contributed by atoms with van der Waals surface area (Å²) >= 11 is 0. The Morgan fingerprint density at radius 3 is 2.00 bits per heavy atom. The summed E-state index contributed by atoms with van der Waals surface area (Å²) in [4.78, 5) is 25.2. The lowest BCUT2D eigenvalue weighted by atomic mass is 10.1. The largest absolute Gasteiger partial charge is 0.493 e. The van der Waals surface area contributed by atoms with Gasteiger partial charge < -0.3 is 24.8 Å². The van der Waals surface area contributed by atoms with Gasteiger partial charge in [-0.15, -0.1) is 0 Å². The summed E-state index contributed by atoms with van der Waals surface area (Å²) in [5.74, 6) is 0.301. The van der Waals surface area contributed by atoms with Gasteiger partial charge in [-0.2, -0.15) is 0 Å². The molecule has 1 aliphatic carbocycles. The normalized spacial score (nSPS) is 17.3. The van der Waals surface area contributed by atoms with Gasteiger partial charge in [0.15, 0.2) is 11.5 Å². The molecule has 154 valence electrons. The second-order valence-electron chi connectivity index (χ2n) is 7.16. The summed E-state index contributed by atoms with van der Waals surface area (Å²) in [6.07, 6.45) is 0.521. The van der Waals surface area contributed by atoms with E-state index in [1.807, 2.05) is 32.0 Å². The van der Waals surface area contributed by atoms with Crippen molar-refractivity contribution < 1.29 is 23.8 Å². The minimum absolute atomic E-state index is 0.135. The van der Waals surface area contributed by atoms with E-state index in [2.05, 4.69) is 10.6 Å². The maximum absolute atomic E-state index is 12.6. The van der Waals surface area contributed by atoms with E-state index in [1.54, 1.807) is 12.1 Å². The average molecular weight is 398 g/mol. The number of carbonyl (C=O) groups excluding carboxylic acids is 2. The minimum atomic E-state index is -0.362. The fraction of sp³-hybridized carbons (Fsp3) is 0.364. The molecule has 0 saturated heterocycles. The summed E-state index contributed by atoms with van der Waals surface area (Å²) in [6.45, 7) is 3.91. The molecule has 7 nitrogen and oxygen atoms in total. The first kappa shape index (κ1) is 20.5. The third-order valence-electron chi connectivity index (χ3n) is 5.05. The molecule has 1 aliphatic rings. The fourth-order valence-corrected chi connectivity index (χ4v) is 3.26. The van der Waals surface area contributed by atoms with Crippen molar-refractivity contribution in [3.8, 4) is 17.2 Å². The van der Waals surface area contributed by atoms with Gasteiger partial charge in [-0.05, 0) is 37.5 Å². The predicted molar refractivity (Wildman–Crippen MR) is 111 cm³/mol. The first-order valence-corrected chi connectivity index (χ1v) is 9.37. The van der Waals surface area contributed by atoms with Gasteiger partial charge in [0.1, 0.15) is 0 Å². The number of anilines is 2. The van der Waals surface area contributed by atoms with Crippen LogP contribution in [0.2, 0.25) is 0 Å². The van der Waals surface area contributed by atoms with Crippen molar-refractivity contribution in [2.45, 2.75) is 20.3 Å². The maximum Gasteiger partial charge on any atom is 0.228 e. The summed E-state index contributed by atoms with van der Waals surface area (Å²) in [5.41, 5.74) is 3.36. The van der Waals surface area contributed by atoms with Gasteiger partial charge in [0.25, 0.3) is 0 Å². The molecule has 2 amide bonds. The Bertz CT molecular complexity index is 916. The van der Waals surface area contributed by atoms with Crippen molar-refractivity contribution in [1.82, 2.24) is 0 Å². The van der Waals surface area contributed by atoms with Crippen LogP contribution in [0.1, 0.15) is 17.5 Å². The first-order valence-electron chi connectivity index (χ1n) is 9.37. The molecule has 29 heavy (non-hydrogen) atoms. The molecule has 0 aromatic heterocycles. The molecule has 0 radical (unpaired) electrons. The Kier molecular flexibility index (Phi) is 5.96. The number of ether oxygens (including phenoxy) is 3. The molecule has 0 aliphatic heterocycles. The highest BCUT2D eigenvalue weighted by Crippen LogP contribution is 2.43. The molecule has 0 spiro atoms. The highest BCUT2D eigenvalue weighted by Gasteiger charge is 2.48. The lowest BCUT2D eigenvalue weighted by Gasteiger charge is -2.14. The number of nitrogens with one attached hydrogen (secondary N) is 2. The quantitative estimate of drug-likeness (QED) is 0.745. The lowest BCUT2D eigenvalue weighted by molar-refractivity contribution is -0.122. The van der Waals surface area contributed by atoms with Crippen LogP contribution >= 0.6 is 0 Å². The molecule has 2 N–H and O–H groups in total. The monoisotopic (exact) mass is 398 g/mol. The van der Waals surface area contributed by atoms with Crippen LogP contribution in [0.4, 0.5) is 11.4 Å². The van der Waals surface area contributed by atoms with E-state index >= 15 is 0 Å². The Balaban J connectivity index is 1.66. The number of aryl methyl sites for hydroxylation is 2. The number of methoxy groups -OCH3 is 3. The summed E-state index contributed by atoms with van der Waals surface area (Å²) < 4.78 is 15.9. The van der Waals surface area contributed by atoms with Gasteiger partial charge in [0.05, 0.1) is 33.2 Å². The molecule has 3 rings (SSSR count). The number of carbonyl (C=O) groups is 2. The Morgan fingerprint density at radius 2 is 1.45 bits per heavy atom. The van der Waals surface area contributed by atoms with Crippen LogP contribution in [-0.2, 0) is 9.59 Å². The number of amides is 2. The summed E-state index contributed by atoms with van der Waals surface area (Å²) in [5, 5.41) is 5.78. The summed E-state index contributed by atoms with van der Waals surface area (Å²) in [7, 11) is 4.54. The van der Waals surface area contributed by atoms with E-state index in [1.165, 1.54) is 21.3 Å². The number of rotatable bonds is 7. The van der Waals surface area contributed by atoms with E-state index in [9.17, 15) is 9.59 Å². The van der Waals surface area contributed by atoms with Gasteiger partial charge >= 0.3 is 0 Å². The Labute approximate surface area is 170 Å². The molecule has 0 bridgehead atoms. The van der Waals surface area contributed by atoms with Crippen molar-refractivity contribution in [2.75, 3.05) is 32.0 Å². The smallest absolute Gasteiger partial charge is 0.228 e. The molecule has 2 unspecified atom stereocenters. The van der Waals surface area contributed by atoms with Crippen molar-refractivity contribution in [3.63, 3.8) is 0 Å². The second-order valence-corrected chi connectivity index (χ2v) is 7.16. The van der Waals surface area contributed by atoms with Gasteiger partial charge in [-0.1, -0.05) is 12.1 Å². The van der Waals surface area contributed by atoms with Gasteiger partial charge in [-0.25, -0.2) is 0 Å². The zero-order valence-corrected chi connectivity index (χ0v) is 17.3. The third kappa shape index (κ3) is 4.45. The summed E-state index contributed by atoms with van der Waals surface area (Å²) in [6, 6.07) is 9.21. The molecule has 2 aromatic carbocycles. The maximum atomic E-state index is 12.6.